The van der Waals surface area contributed by atoms with Crippen LogP contribution in [-0.2, 0) is 18.4 Å². The first kappa shape index (κ1) is 22.5. The Morgan fingerprint density at radius 3 is 2.41 bits per heavy atom. The lowest BCUT2D eigenvalue weighted by Crippen LogP contribution is -2.47. The summed E-state index contributed by atoms with van der Waals surface area (Å²) < 4.78 is 1.73. The van der Waals surface area contributed by atoms with Crippen LogP contribution in [0.5, 0.6) is 0 Å². The van der Waals surface area contributed by atoms with Crippen molar-refractivity contribution in [3.8, 4) is 0 Å². The van der Waals surface area contributed by atoms with Crippen LogP contribution in [0.1, 0.15) is 73.5 Å². The molecule has 1 fully saturated rings. The monoisotopic (exact) mass is 447 g/mol. The Kier molecular flexibility index (Phi) is 5.89. The van der Waals surface area contributed by atoms with Crippen LogP contribution in [0.15, 0.2) is 43.5 Å². The van der Waals surface area contributed by atoms with Crippen LogP contribution in [0, 0.1) is 6.92 Å². The summed E-state index contributed by atoms with van der Waals surface area (Å²) in [6.07, 6.45) is 5.18. The fourth-order valence-corrected chi connectivity index (χ4v) is 5.57. The lowest BCUT2D eigenvalue weighted by Gasteiger charge is -2.45. The fraction of sp³-hybridized carbons (Fsp3) is 0.357. The lowest BCUT2D eigenvalue weighted by atomic mass is 9.70. The van der Waals surface area contributed by atoms with E-state index in [0.29, 0.717) is 0 Å². The molecule has 1 saturated carbocycles. The second kappa shape index (κ2) is 8.37. The van der Waals surface area contributed by atoms with Crippen molar-refractivity contribution in [3.63, 3.8) is 0 Å². The number of nitrogens with one attached hydrogen (secondary N) is 1. The summed E-state index contributed by atoms with van der Waals surface area (Å²) in [6, 6.07) is 10.9. The molecule has 0 spiro atoms. The maximum absolute atomic E-state index is 6.82. The first-order valence-corrected chi connectivity index (χ1v) is 12.0. The molecule has 0 radical (unpaired) electrons. The van der Waals surface area contributed by atoms with E-state index in [0.717, 1.165) is 58.6 Å². The summed E-state index contributed by atoms with van der Waals surface area (Å²) in [6.45, 7) is 17.0. The van der Waals surface area contributed by atoms with Gasteiger partial charge in [0, 0.05) is 5.39 Å². The third kappa shape index (κ3) is 3.53. The Morgan fingerprint density at radius 2 is 1.88 bits per heavy atom. The molecule has 1 aliphatic carbocycles. The van der Waals surface area contributed by atoms with Gasteiger partial charge in [-0.2, -0.15) is 0 Å². The van der Waals surface area contributed by atoms with Gasteiger partial charge in [0.25, 0.3) is 0 Å². The fourth-order valence-electron chi connectivity index (χ4n) is 5.16. The maximum Gasteiger partial charge on any atom is 0.0857 e. The van der Waals surface area contributed by atoms with Crippen LogP contribution in [0.3, 0.4) is 0 Å². The zero-order valence-corrected chi connectivity index (χ0v) is 20.5. The van der Waals surface area contributed by atoms with E-state index in [-0.39, 0.29) is 5.54 Å². The number of halogens is 1. The number of aromatic nitrogens is 1. The summed E-state index contributed by atoms with van der Waals surface area (Å²) in [4.78, 5) is 0. The van der Waals surface area contributed by atoms with E-state index in [2.05, 4.69) is 69.6 Å². The largest absolute Gasteiger partial charge is 0.374 e. The molecule has 1 aromatic heterocycles. The Labute approximate surface area is 196 Å². The number of allylic oxidation sites excluding steroid dienone is 1. The molecule has 0 saturated heterocycles. The van der Waals surface area contributed by atoms with Crippen LogP contribution in [0.4, 0.5) is 0 Å². The number of benzene rings is 2. The van der Waals surface area contributed by atoms with E-state index >= 15 is 0 Å². The number of hydrogen-bond acceptors (Lipinski definition) is 2. The van der Waals surface area contributed by atoms with Crippen molar-refractivity contribution in [3.05, 3.63) is 82.0 Å². The first-order chi connectivity index (χ1) is 15.2. The Balaban J connectivity index is 1.72. The van der Waals surface area contributed by atoms with Crippen LogP contribution >= 0.6 is 11.6 Å². The molecule has 32 heavy (non-hydrogen) atoms. The van der Waals surface area contributed by atoms with Crippen molar-refractivity contribution >= 4 is 33.8 Å². The second-order valence-electron chi connectivity index (χ2n) is 9.22. The number of aryl methyl sites for hydroxylation is 2. The molecular formula is C28H34ClN3. The predicted octanol–water partition coefficient (Wildman–Crippen LogP) is 7.11. The Hall–Kier alpha value is -2.65. The number of nitrogens with zero attached hydrogens (tertiary/aromatic N) is 1. The molecule has 0 atom stereocenters. The van der Waals surface area contributed by atoms with Gasteiger partial charge in [0.2, 0.25) is 0 Å². The molecular weight excluding hydrogens is 414 g/mol. The van der Waals surface area contributed by atoms with E-state index in [4.69, 9.17) is 17.4 Å². The minimum atomic E-state index is -0.113. The van der Waals surface area contributed by atoms with Gasteiger partial charge in [-0.3, -0.25) is 4.68 Å². The standard InChI is InChI=1S/C28H34ClN3/c1-7-20-15-26-23(27(29)22(20)8-2)16-25(32(26)30)19(6)31-28(12-9-13-28)24-11-10-21(17(3)4)14-18(24)5/h10-11,14-16,31H,3,6-9,12-13,30H2,1-2,4-5H3. The third-order valence-corrected chi connectivity index (χ3v) is 7.58. The van der Waals surface area contributed by atoms with Crippen LogP contribution in [-0.4, -0.2) is 4.68 Å². The molecule has 4 heteroatoms. The van der Waals surface area contributed by atoms with Crippen molar-refractivity contribution in [2.24, 2.45) is 0 Å². The van der Waals surface area contributed by atoms with Crippen molar-refractivity contribution < 1.29 is 0 Å². The molecule has 1 heterocycles. The normalized spacial score (nSPS) is 14.9. The van der Waals surface area contributed by atoms with E-state index in [9.17, 15) is 0 Å². The van der Waals surface area contributed by atoms with E-state index < -0.39 is 0 Å². The van der Waals surface area contributed by atoms with Crippen molar-refractivity contribution in [2.45, 2.75) is 65.3 Å². The highest BCUT2D eigenvalue weighted by molar-refractivity contribution is 6.36. The molecule has 3 nitrogen and oxygen atoms in total. The Morgan fingerprint density at radius 1 is 1.16 bits per heavy atom. The summed E-state index contributed by atoms with van der Waals surface area (Å²) in [5, 5.41) is 5.57. The zero-order valence-electron chi connectivity index (χ0n) is 19.7. The summed E-state index contributed by atoms with van der Waals surface area (Å²) >= 11 is 6.82. The minimum Gasteiger partial charge on any atom is -0.374 e. The van der Waals surface area contributed by atoms with Gasteiger partial charge < -0.3 is 11.2 Å². The predicted molar refractivity (Wildman–Crippen MR) is 139 cm³/mol. The van der Waals surface area contributed by atoms with E-state index in [1.54, 1.807) is 4.68 Å². The number of rotatable bonds is 7. The summed E-state index contributed by atoms with van der Waals surface area (Å²) in [5.41, 5.74) is 9.89. The summed E-state index contributed by atoms with van der Waals surface area (Å²) in [7, 11) is 0. The average Bonchev–Trinajstić information content (AvgIpc) is 3.07. The molecule has 0 unspecified atom stereocenters. The SMILES string of the molecule is C=C(C)c1ccc(C2(NC(=C)c3cc4c(Cl)c(CC)c(CC)cc4n3N)CCC2)c(C)c1. The second-order valence-corrected chi connectivity index (χ2v) is 9.59. The van der Waals surface area contributed by atoms with Gasteiger partial charge >= 0.3 is 0 Å². The highest BCUT2D eigenvalue weighted by Gasteiger charge is 2.40. The topological polar surface area (TPSA) is 43.0 Å². The molecule has 0 amide bonds. The van der Waals surface area contributed by atoms with Gasteiger partial charge in [-0.15, -0.1) is 0 Å². The molecule has 3 aromatic rings. The minimum absolute atomic E-state index is 0.113. The van der Waals surface area contributed by atoms with Crippen molar-refractivity contribution in [1.29, 1.82) is 0 Å². The van der Waals surface area contributed by atoms with Crippen LogP contribution < -0.4 is 11.2 Å². The van der Waals surface area contributed by atoms with Crippen LogP contribution in [0.2, 0.25) is 5.02 Å². The average molecular weight is 448 g/mol. The van der Waals surface area contributed by atoms with E-state index in [1.165, 1.54) is 34.2 Å². The van der Waals surface area contributed by atoms with Crippen molar-refractivity contribution in [1.82, 2.24) is 9.99 Å². The van der Waals surface area contributed by atoms with Gasteiger partial charge in [0.05, 0.1) is 27.5 Å². The number of nitrogens with two attached hydrogens (primary N) is 1. The zero-order chi connectivity index (χ0) is 23.2. The molecule has 3 N–H and O–H groups in total. The number of hydrogen-bond donors (Lipinski definition) is 2. The van der Waals surface area contributed by atoms with Gasteiger partial charge in [0.15, 0.2) is 0 Å². The summed E-state index contributed by atoms with van der Waals surface area (Å²) in [5.74, 6) is 6.57. The van der Waals surface area contributed by atoms with Crippen molar-refractivity contribution in [2.75, 3.05) is 5.84 Å². The molecule has 0 aliphatic heterocycles. The van der Waals surface area contributed by atoms with Crippen LogP contribution in [0.25, 0.3) is 22.2 Å². The number of fused-ring (bicyclic) bond motifs is 1. The molecule has 168 valence electrons. The van der Waals surface area contributed by atoms with Gasteiger partial charge in [-0.1, -0.05) is 62.4 Å². The Bertz CT molecular complexity index is 1230. The maximum atomic E-state index is 6.82. The first-order valence-electron chi connectivity index (χ1n) is 11.6. The lowest BCUT2D eigenvalue weighted by molar-refractivity contribution is 0.214. The smallest absolute Gasteiger partial charge is 0.0857 e. The third-order valence-electron chi connectivity index (χ3n) is 7.15. The van der Waals surface area contributed by atoms with Gasteiger partial charge in [-0.05, 0) is 85.9 Å². The number of nitrogen functional groups attached to an aromatic ring is 1. The quantitative estimate of drug-likeness (QED) is 0.379. The molecule has 2 aromatic carbocycles. The molecule has 0 bridgehead atoms. The van der Waals surface area contributed by atoms with Gasteiger partial charge in [-0.25, -0.2) is 0 Å². The highest BCUT2D eigenvalue weighted by Crippen LogP contribution is 2.45. The highest BCUT2D eigenvalue weighted by atomic mass is 35.5. The van der Waals surface area contributed by atoms with E-state index in [1.807, 2.05) is 6.92 Å². The molecule has 4 rings (SSSR count). The van der Waals surface area contributed by atoms with Gasteiger partial charge in [0.1, 0.15) is 0 Å². The molecule has 1 aliphatic rings.